The summed E-state index contributed by atoms with van der Waals surface area (Å²) in [5.74, 6) is 0. The second-order valence-corrected chi connectivity index (χ2v) is 10.1. The Kier molecular flexibility index (Phi) is 5.72. The van der Waals surface area contributed by atoms with E-state index < -0.39 is 23.6 Å². The first kappa shape index (κ1) is 24.2. The summed E-state index contributed by atoms with van der Waals surface area (Å²) in [7, 11) is 1.86. The molecule has 6 rings (SSSR count). The summed E-state index contributed by atoms with van der Waals surface area (Å²) in [6.45, 7) is 1.42. The van der Waals surface area contributed by atoms with E-state index in [1.54, 1.807) is 11.2 Å². The molecule has 1 aliphatic carbocycles. The zero-order valence-corrected chi connectivity index (χ0v) is 20.1. The Bertz CT molecular complexity index is 1420. The van der Waals surface area contributed by atoms with Gasteiger partial charge in [-0.3, -0.25) is 13.9 Å². The van der Waals surface area contributed by atoms with Crippen LogP contribution in [-0.4, -0.2) is 64.3 Å². The normalized spacial score (nSPS) is 22.6. The topological polar surface area (TPSA) is 66.6 Å². The predicted molar refractivity (Wildman–Crippen MR) is 126 cm³/mol. The zero-order chi connectivity index (χ0) is 25.9. The van der Waals surface area contributed by atoms with Crippen molar-refractivity contribution in [1.82, 2.24) is 13.9 Å². The Labute approximate surface area is 209 Å². The lowest BCUT2D eigenvalue weighted by Crippen LogP contribution is -2.47. The molecule has 2 radical (unpaired) electrons. The van der Waals surface area contributed by atoms with E-state index in [2.05, 4.69) is 10.2 Å². The molecule has 0 unspecified atom stereocenters. The maximum atomic E-state index is 14.0. The van der Waals surface area contributed by atoms with Crippen LogP contribution in [0.15, 0.2) is 51.2 Å². The standard InChI is InChI=1S/C25H25F4N6O2/c1-32-15-30-31-22(32)7-24(13-37-14-24)17-3-2-4-19(6-17)34-12-21-20(25(27,28)29)5-16(9-35(21)23(34)36)8-33-10-18(26)11-33/h2-3,5-6,9,12,15,18H,4,7-8,10-11,13-14H2,1H3/q+1. The van der Waals surface area contributed by atoms with Crippen molar-refractivity contribution in [2.24, 2.45) is 15.6 Å². The molecule has 2 fully saturated rings. The third-order valence-electron chi connectivity index (χ3n) is 7.37. The minimum atomic E-state index is -4.65. The van der Waals surface area contributed by atoms with Crippen LogP contribution in [0.25, 0.3) is 11.2 Å². The highest BCUT2D eigenvalue weighted by atomic mass is 19.4. The summed E-state index contributed by atoms with van der Waals surface area (Å²) in [6, 6.07) is 1.05. The Morgan fingerprint density at radius 2 is 2.03 bits per heavy atom. The van der Waals surface area contributed by atoms with Crippen molar-refractivity contribution >= 4 is 17.6 Å². The fraction of sp³-hybridized carbons (Fsp3) is 0.440. The van der Waals surface area contributed by atoms with Gasteiger partial charge in [0.05, 0.1) is 36.5 Å². The number of alkyl halides is 4. The van der Waals surface area contributed by atoms with Gasteiger partial charge in [-0.1, -0.05) is 6.08 Å². The monoisotopic (exact) mass is 517 g/mol. The summed E-state index contributed by atoms with van der Waals surface area (Å²) in [6.07, 6.45) is 6.20. The number of aromatic nitrogens is 2. The van der Waals surface area contributed by atoms with Gasteiger partial charge in [0, 0.05) is 49.6 Å². The molecular weight excluding hydrogens is 492 g/mol. The van der Waals surface area contributed by atoms with Crippen molar-refractivity contribution in [3.05, 3.63) is 70.4 Å². The first-order chi connectivity index (χ1) is 17.6. The molecule has 0 bridgehead atoms. The highest BCUT2D eigenvalue weighted by molar-refractivity contribution is 5.63. The number of azo groups is 1. The molecule has 2 aromatic rings. The number of pyridine rings is 1. The minimum absolute atomic E-state index is 0.144. The molecule has 0 saturated carbocycles. The third kappa shape index (κ3) is 4.25. The number of allylic oxidation sites excluding steroid dienone is 3. The molecule has 0 aromatic carbocycles. The van der Waals surface area contributed by atoms with E-state index in [1.807, 2.05) is 30.2 Å². The molecule has 0 atom stereocenters. The Morgan fingerprint density at radius 1 is 1.24 bits per heavy atom. The number of ether oxygens (including phenoxy) is 1. The number of imidazole rings is 1. The van der Waals surface area contributed by atoms with Gasteiger partial charge in [0.25, 0.3) is 0 Å². The van der Waals surface area contributed by atoms with Crippen molar-refractivity contribution in [3.63, 3.8) is 0 Å². The van der Waals surface area contributed by atoms with Gasteiger partial charge >= 0.3 is 24.4 Å². The van der Waals surface area contributed by atoms with E-state index in [0.29, 0.717) is 37.3 Å². The number of likely N-dealkylation sites (tertiary alicyclic amines) is 1. The van der Waals surface area contributed by atoms with Crippen LogP contribution in [0.3, 0.4) is 0 Å². The molecule has 194 valence electrons. The Hall–Kier alpha value is -3.12. The number of halogens is 4. The van der Waals surface area contributed by atoms with E-state index >= 15 is 0 Å². The van der Waals surface area contributed by atoms with Gasteiger partial charge in [-0.25, -0.2) is 13.8 Å². The van der Waals surface area contributed by atoms with Gasteiger partial charge in [-0.2, -0.15) is 13.2 Å². The van der Waals surface area contributed by atoms with Crippen molar-refractivity contribution in [2.75, 3.05) is 33.4 Å². The predicted octanol–water partition coefficient (Wildman–Crippen LogP) is 3.68. The maximum absolute atomic E-state index is 14.0. The number of nitrogens with zero attached hydrogens (tertiary/aromatic N) is 6. The molecule has 8 nitrogen and oxygen atoms in total. The van der Waals surface area contributed by atoms with Crippen molar-refractivity contribution < 1.29 is 26.9 Å². The molecule has 12 heteroatoms. The molecule has 0 spiro atoms. The van der Waals surface area contributed by atoms with E-state index in [0.717, 1.165) is 22.2 Å². The van der Waals surface area contributed by atoms with Gasteiger partial charge in [0.1, 0.15) is 6.17 Å². The van der Waals surface area contributed by atoms with Crippen molar-refractivity contribution in [1.29, 1.82) is 0 Å². The SMILES string of the molecule is C[N+]1=CN=N[C]1CC1(C2=C[CH]CC(n3cc4c(C(F)(F)F)cc(CN5CC(F)C5)cn4c3=O)=C2)COC1. The van der Waals surface area contributed by atoms with Gasteiger partial charge in [-0.15, -0.1) is 0 Å². The highest BCUT2D eigenvalue weighted by Crippen LogP contribution is 2.46. The van der Waals surface area contributed by atoms with Gasteiger partial charge in [0.2, 0.25) is 0 Å². The molecule has 0 N–H and O–H groups in total. The van der Waals surface area contributed by atoms with E-state index in [-0.39, 0.29) is 30.6 Å². The fourth-order valence-corrected chi connectivity index (χ4v) is 5.24. The van der Waals surface area contributed by atoms with Crippen molar-refractivity contribution in [3.8, 4) is 0 Å². The third-order valence-corrected chi connectivity index (χ3v) is 7.37. The van der Waals surface area contributed by atoms with Crippen LogP contribution >= 0.6 is 0 Å². The lowest BCUT2D eigenvalue weighted by Gasteiger charge is -2.43. The zero-order valence-electron chi connectivity index (χ0n) is 20.1. The summed E-state index contributed by atoms with van der Waals surface area (Å²) < 4.78 is 65.0. The molecule has 37 heavy (non-hydrogen) atoms. The summed E-state index contributed by atoms with van der Waals surface area (Å²) in [4.78, 5) is 15.1. The highest BCUT2D eigenvalue weighted by Gasteiger charge is 2.47. The van der Waals surface area contributed by atoms with Gasteiger partial charge in [-0.05, 0) is 41.2 Å². The number of hydrogen-bond donors (Lipinski definition) is 0. The summed E-state index contributed by atoms with van der Waals surface area (Å²) >= 11 is 0. The van der Waals surface area contributed by atoms with Gasteiger partial charge < -0.3 is 4.74 Å². The van der Waals surface area contributed by atoms with Crippen LogP contribution in [0.1, 0.15) is 24.0 Å². The Morgan fingerprint density at radius 3 is 2.65 bits per heavy atom. The summed E-state index contributed by atoms with van der Waals surface area (Å²) in [5.41, 5.74) is -0.227. The van der Waals surface area contributed by atoms with Crippen LogP contribution in [0.5, 0.6) is 0 Å². The largest absolute Gasteiger partial charge is 0.418 e. The van der Waals surface area contributed by atoms with Crippen LogP contribution in [0.2, 0.25) is 0 Å². The van der Waals surface area contributed by atoms with Crippen LogP contribution in [-0.2, 0) is 17.5 Å². The average Bonchev–Trinajstić information content (AvgIpc) is 3.36. The second-order valence-electron chi connectivity index (χ2n) is 10.1. The molecule has 2 saturated heterocycles. The average molecular weight is 518 g/mol. The fourth-order valence-electron chi connectivity index (χ4n) is 5.24. The summed E-state index contributed by atoms with van der Waals surface area (Å²) in [5, 5.41) is 8.12. The first-order valence-corrected chi connectivity index (χ1v) is 12.0. The first-order valence-electron chi connectivity index (χ1n) is 12.0. The molecule has 2 aromatic heterocycles. The lowest BCUT2D eigenvalue weighted by atomic mass is 9.72. The number of fused-ring (bicyclic) bond motifs is 1. The molecule has 0 amide bonds. The molecule has 4 aliphatic rings. The second kappa shape index (κ2) is 8.73. The number of rotatable bonds is 6. The Balaban J connectivity index is 1.37. The van der Waals surface area contributed by atoms with Gasteiger partial charge in [0.15, 0.2) is 0 Å². The smallest absolute Gasteiger partial charge is 0.379 e. The number of hydrogen-bond acceptors (Lipinski definition) is 5. The lowest BCUT2D eigenvalue weighted by molar-refractivity contribution is -0.479. The van der Waals surface area contributed by atoms with Crippen molar-refractivity contribution in [2.45, 2.75) is 31.7 Å². The maximum Gasteiger partial charge on any atom is 0.418 e. The quantitative estimate of drug-likeness (QED) is 0.434. The molecule has 3 aliphatic heterocycles. The molecular formula is C25H25F4N6O2+. The van der Waals surface area contributed by atoms with Crippen LogP contribution < -0.4 is 5.69 Å². The van der Waals surface area contributed by atoms with E-state index in [1.165, 1.54) is 17.0 Å². The van der Waals surface area contributed by atoms with Crippen LogP contribution in [0.4, 0.5) is 17.6 Å². The van der Waals surface area contributed by atoms with E-state index in [4.69, 9.17) is 4.74 Å². The minimum Gasteiger partial charge on any atom is -0.379 e. The molecule has 5 heterocycles. The van der Waals surface area contributed by atoms with Crippen LogP contribution in [0, 0.1) is 18.0 Å². The van der Waals surface area contributed by atoms with E-state index in [9.17, 15) is 22.4 Å².